The van der Waals surface area contributed by atoms with Crippen LogP contribution in [0.15, 0.2) is 24.3 Å². The van der Waals surface area contributed by atoms with Gasteiger partial charge in [0.2, 0.25) is 5.88 Å². The Morgan fingerprint density at radius 3 is 2.70 bits per heavy atom. The fraction of sp³-hybridized carbons (Fsp3) is 0.381. The highest BCUT2D eigenvalue weighted by molar-refractivity contribution is 5.99. The highest BCUT2D eigenvalue weighted by Gasteiger charge is 2.24. The lowest BCUT2D eigenvalue weighted by Crippen LogP contribution is -2.43. The van der Waals surface area contributed by atoms with Crippen LogP contribution in [0.1, 0.15) is 36.0 Å². The van der Waals surface area contributed by atoms with Crippen LogP contribution in [0, 0.1) is 5.82 Å². The number of anilines is 3. The van der Waals surface area contributed by atoms with Gasteiger partial charge in [-0.05, 0) is 37.1 Å². The summed E-state index contributed by atoms with van der Waals surface area (Å²) in [6, 6.07) is 5.48. The summed E-state index contributed by atoms with van der Waals surface area (Å²) >= 11 is 0. The zero-order chi connectivity index (χ0) is 23.7. The molecule has 0 bridgehead atoms. The molecule has 0 aliphatic heterocycles. The number of hydrogen-bond acceptors (Lipinski definition) is 7. The highest BCUT2D eigenvalue weighted by Crippen LogP contribution is 2.31. The number of amides is 1. The van der Waals surface area contributed by atoms with Gasteiger partial charge in [-0.25, -0.2) is 9.37 Å². The second kappa shape index (κ2) is 9.14. The van der Waals surface area contributed by atoms with Gasteiger partial charge in [0.25, 0.3) is 5.91 Å². The molecule has 33 heavy (non-hydrogen) atoms. The SMILES string of the molecule is Cn1nc(OC(F)F)c2cc(Nc3nc(N[C@@H]4CCCC[C@@H]4N)c(F)cc3C(N)=O)ccc21. The lowest BCUT2D eigenvalue weighted by Gasteiger charge is -2.30. The first-order valence-corrected chi connectivity index (χ1v) is 10.4. The summed E-state index contributed by atoms with van der Waals surface area (Å²) in [5, 5.41) is 10.2. The van der Waals surface area contributed by atoms with Gasteiger partial charge < -0.3 is 26.8 Å². The van der Waals surface area contributed by atoms with Crippen molar-refractivity contribution in [2.75, 3.05) is 10.6 Å². The van der Waals surface area contributed by atoms with Crippen LogP contribution in [0.25, 0.3) is 10.9 Å². The van der Waals surface area contributed by atoms with Crippen molar-refractivity contribution in [2.45, 2.75) is 44.4 Å². The van der Waals surface area contributed by atoms with Crippen molar-refractivity contribution in [3.63, 3.8) is 0 Å². The van der Waals surface area contributed by atoms with Crippen LogP contribution in [0.4, 0.5) is 30.5 Å². The van der Waals surface area contributed by atoms with Crippen molar-refractivity contribution >= 4 is 34.1 Å². The molecule has 1 saturated carbocycles. The lowest BCUT2D eigenvalue weighted by molar-refractivity contribution is -0.0521. The van der Waals surface area contributed by atoms with Crippen LogP contribution < -0.4 is 26.8 Å². The molecule has 6 N–H and O–H groups in total. The molecule has 1 aliphatic rings. The van der Waals surface area contributed by atoms with Gasteiger partial charge in [0, 0.05) is 24.8 Å². The Kier molecular flexibility index (Phi) is 6.27. The van der Waals surface area contributed by atoms with Gasteiger partial charge in [0.15, 0.2) is 11.6 Å². The number of pyridine rings is 1. The number of aryl methyl sites for hydroxylation is 1. The standard InChI is InChI=1S/C21H24F3N7O2/c1-31-16-7-6-10(8-11(16)20(30-31)33-21(23)24)27-18-12(17(26)32)9-13(22)19(29-18)28-15-5-3-2-4-14(15)25/h6-9,14-15,21H,2-5,25H2,1H3,(H2,26,32)(H2,27,28,29)/t14-,15+/m0/s1. The number of nitrogens with zero attached hydrogens (tertiary/aromatic N) is 3. The van der Waals surface area contributed by atoms with Gasteiger partial charge in [-0.15, -0.1) is 5.10 Å². The Hall–Kier alpha value is -3.54. The number of fused-ring (bicyclic) bond motifs is 1. The number of aromatic nitrogens is 3. The second-order valence-corrected chi connectivity index (χ2v) is 7.94. The van der Waals surface area contributed by atoms with Gasteiger partial charge in [-0.2, -0.15) is 8.78 Å². The predicted octanol–water partition coefficient (Wildman–Crippen LogP) is 3.23. The van der Waals surface area contributed by atoms with Crippen LogP contribution in [0.3, 0.4) is 0 Å². The minimum atomic E-state index is -3.04. The summed E-state index contributed by atoms with van der Waals surface area (Å²) in [5.41, 5.74) is 12.3. The average molecular weight is 463 g/mol. The number of halogens is 3. The number of rotatable bonds is 7. The lowest BCUT2D eigenvalue weighted by atomic mass is 9.91. The summed E-state index contributed by atoms with van der Waals surface area (Å²) in [4.78, 5) is 16.2. The quantitative estimate of drug-likeness (QED) is 0.423. The zero-order valence-corrected chi connectivity index (χ0v) is 17.8. The molecule has 2 atom stereocenters. The van der Waals surface area contributed by atoms with Crippen molar-refractivity contribution in [1.29, 1.82) is 0 Å². The number of carbonyl (C=O) groups excluding carboxylic acids is 1. The molecule has 4 rings (SSSR count). The maximum absolute atomic E-state index is 14.7. The first-order valence-electron chi connectivity index (χ1n) is 10.4. The van der Waals surface area contributed by atoms with Gasteiger partial charge >= 0.3 is 6.61 Å². The van der Waals surface area contributed by atoms with Crippen molar-refractivity contribution < 1.29 is 22.7 Å². The Labute approximate surface area is 187 Å². The van der Waals surface area contributed by atoms with E-state index in [2.05, 4.69) is 25.5 Å². The molecule has 0 saturated heterocycles. The largest absolute Gasteiger partial charge is 0.415 e. The van der Waals surface area contributed by atoms with Gasteiger partial charge in [0.1, 0.15) is 5.82 Å². The molecule has 176 valence electrons. The molecule has 1 fully saturated rings. The number of nitrogens with one attached hydrogen (secondary N) is 2. The van der Waals surface area contributed by atoms with Crippen molar-refractivity contribution in [1.82, 2.24) is 14.8 Å². The summed E-state index contributed by atoms with van der Waals surface area (Å²) in [7, 11) is 1.59. The van der Waals surface area contributed by atoms with E-state index in [1.807, 2.05) is 0 Å². The van der Waals surface area contributed by atoms with E-state index in [9.17, 15) is 18.0 Å². The van der Waals surface area contributed by atoms with E-state index in [0.29, 0.717) is 16.6 Å². The van der Waals surface area contributed by atoms with E-state index in [4.69, 9.17) is 11.5 Å². The summed E-state index contributed by atoms with van der Waals surface area (Å²) in [6.45, 7) is -3.04. The topological polar surface area (TPSA) is 133 Å². The molecule has 9 nitrogen and oxygen atoms in total. The van der Waals surface area contributed by atoms with E-state index >= 15 is 0 Å². The Morgan fingerprint density at radius 2 is 2.00 bits per heavy atom. The number of ether oxygens (including phenoxy) is 1. The molecule has 3 aromatic rings. The van der Waals surface area contributed by atoms with E-state index in [0.717, 1.165) is 31.7 Å². The average Bonchev–Trinajstić information content (AvgIpc) is 3.05. The molecule has 0 spiro atoms. The van der Waals surface area contributed by atoms with Crippen LogP contribution in [0.2, 0.25) is 0 Å². The predicted molar refractivity (Wildman–Crippen MR) is 117 cm³/mol. The second-order valence-electron chi connectivity index (χ2n) is 7.94. The third-order valence-electron chi connectivity index (χ3n) is 5.66. The fourth-order valence-corrected chi connectivity index (χ4v) is 4.01. The van der Waals surface area contributed by atoms with E-state index in [-0.39, 0.29) is 35.2 Å². The van der Waals surface area contributed by atoms with Gasteiger partial charge in [-0.1, -0.05) is 12.8 Å². The summed E-state index contributed by atoms with van der Waals surface area (Å²) < 4.78 is 46.1. The molecule has 1 amide bonds. The Bertz CT molecular complexity index is 1180. The fourth-order valence-electron chi connectivity index (χ4n) is 4.01. The zero-order valence-electron chi connectivity index (χ0n) is 17.8. The summed E-state index contributed by atoms with van der Waals surface area (Å²) in [6.07, 6.45) is 3.56. The smallest absolute Gasteiger partial charge is 0.388 e. The van der Waals surface area contributed by atoms with Crippen molar-refractivity contribution in [2.24, 2.45) is 18.5 Å². The van der Waals surface area contributed by atoms with Crippen LogP contribution >= 0.6 is 0 Å². The minimum Gasteiger partial charge on any atom is -0.415 e. The number of alkyl halides is 2. The number of hydrogen-bond donors (Lipinski definition) is 4. The van der Waals surface area contributed by atoms with Crippen molar-refractivity contribution in [3.05, 3.63) is 35.6 Å². The molecule has 1 aromatic carbocycles. The third-order valence-corrected chi connectivity index (χ3v) is 5.66. The Balaban J connectivity index is 1.68. The summed E-state index contributed by atoms with van der Waals surface area (Å²) in [5.74, 6) is -1.91. The molecule has 2 heterocycles. The van der Waals surface area contributed by atoms with Crippen molar-refractivity contribution in [3.8, 4) is 5.88 Å². The van der Waals surface area contributed by atoms with E-state index in [1.165, 1.54) is 10.7 Å². The van der Waals surface area contributed by atoms with E-state index in [1.54, 1.807) is 19.2 Å². The molecule has 0 unspecified atom stereocenters. The van der Waals surface area contributed by atoms with Gasteiger partial charge in [0.05, 0.1) is 16.5 Å². The minimum absolute atomic E-state index is 0.00958. The molecular weight excluding hydrogens is 439 g/mol. The number of nitrogens with two attached hydrogens (primary N) is 2. The molecule has 12 heteroatoms. The number of primary amides is 1. The third kappa shape index (κ3) is 4.80. The van der Waals surface area contributed by atoms with Crippen LogP contribution in [-0.4, -0.2) is 39.4 Å². The Morgan fingerprint density at radius 1 is 1.24 bits per heavy atom. The maximum Gasteiger partial charge on any atom is 0.388 e. The molecular formula is C21H24F3N7O2. The van der Waals surface area contributed by atoms with Crippen LogP contribution in [-0.2, 0) is 7.05 Å². The number of carbonyl (C=O) groups is 1. The normalized spacial score (nSPS) is 18.5. The molecule has 0 radical (unpaired) electrons. The molecule has 1 aliphatic carbocycles. The first-order chi connectivity index (χ1) is 15.7. The highest BCUT2D eigenvalue weighted by atomic mass is 19.3. The monoisotopic (exact) mass is 463 g/mol. The number of benzene rings is 1. The maximum atomic E-state index is 14.7. The first kappa shape index (κ1) is 22.6. The molecule has 2 aromatic heterocycles. The van der Waals surface area contributed by atoms with Gasteiger partial charge in [-0.3, -0.25) is 9.48 Å². The van der Waals surface area contributed by atoms with E-state index < -0.39 is 18.3 Å². The van der Waals surface area contributed by atoms with Crippen LogP contribution in [0.5, 0.6) is 5.88 Å².